The van der Waals surface area contributed by atoms with Crippen molar-refractivity contribution in [3.63, 3.8) is 0 Å². The Morgan fingerprint density at radius 3 is 2.57 bits per heavy atom. The quantitative estimate of drug-likeness (QED) is 0.330. The van der Waals surface area contributed by atoms with E-state index >= 15 is 0 Å². The number of amides is 2. The van der Waals surface area contributed by atoms with Crippen molar-refractivity contribution < 1.29 is 14.0 Å². The van der Waals surface area contributed by atoms with Crippen molar-refractivity contribution in [1.29, 1.82) is 5.26 Å². The van der Waals surface area contributed by atoms with E-state index in [-0.39, 0.29) is 37.7 Å². The van der Waals surface area contributed by atoms with Crippen molar-refractivity contribution in [2.24, 2.45) is 0 Å². The van der Waals surface area contributed by atoms with E-state index in [1.807, 2.05) is 12.1 Å². The molecule has 1 aromatic heterocycles. The molecule has 0 spiro atoms. The SMILES string of the molecule is C=CCN(CCC[C@H](NC(=O)c1ccc(-n2ccnn2)cc1)C(=O)N1CCC(F)(C#N)CC1)[C@@H]1C[C@H]1c1ccccc1. The molecule has 2 aliphatic rings. The lowest BCUT2D eigenvalue weighted by Crippen LogP contribution is -2.52. The summed E-state index contributed by atoms with van der Waals surface area (Å²) >= 11 is 0. The molecule has 1 saturated carbocycles. The van der Waals surface area contributed by atoms with Gasteiger partial charge in [0, 0.05) is 50.0 Å². The minimum absolute atomic E-state index is 0.0324. The second kappa shape index (κ2) is 13.1. The van der Waals surface area contributed by atoms with E-state index in [0.29, 0.717) is 30.4 Å². The molecule has 10 heteroatoms. The zero-order valence-corrected chi connectivity index (χ0v) is 23.6. The van der Waals surface area contributed by atoms with Gasteiger partial charge in [0.15, 0.2) is 5.67 Å². The molecule has 2 aromatic carbocycles. The first kappa shape index (κ1) is 29.1. The Bertz CT molecular complexity index is 1400. The van der Waals surface area contributed by atoms with Crippen LogP contribution in [0.1, 0.15) is 53.9 Å². The highest BCUT2D eigenvalue weighted by Gasteiger charge is 2.42. The average Bonchev–Trinajstić information content (AvgIpc) is 3.63. The molecule has 1 N–H and O–H groups in total. The van der Waals surface area contributed by atoms with Gasteiger partial charge in [0.05, 0.1) is 18.1 Å². The highest BCUT2D eigenvalue weighted by atomic mass is 19.1. The largest absolute Gasteiger partial charge is 0.341 e. The maximum atomic E-state index is 14.5. The minimum Gasteiger partial charge on any atom is -0.341 e. The third-order valence-electron chi connectivity index (χ3n) is 8.24. The lowest BCUT2D eigenvalue weighted by molar-refractivity contribution is -0.135. The van der Waals surface area contributed by atoms with Crippen LogP contribution < -0.4 is 5.32 Å². The maximum Gasteiger partial charge on any atom is 0.251 e. The van der Waals surface area contributed by atoms with Crippen LogP contribution in [0.15, 0.2) is 79.6 Å². The van der Waals surface area contributed by atoms with Crippen LogP contribution >= 0.6 is 0 Å². The predicted octanol–water partition coefficient (Wildman–Crippen LogP) is 4.04. The van der Waals surface area contributed by atoms with Gasteiger partial charge in [-0.15, -0.1) is 11.7 Å². The van der Waals surface area contributed by atoms with Crippen LogP contribution in [0.2, 0.25) is 0 Å². The zero-order chi connectivity index (χ0) is 29.5. The Balaban J connectivity index is 1.24. The Hall–Kier alpha value is -4.36. The van der Waals surface area contributed by atoms with Gasteiger partial charge in [0.2, 0.25) is 5.91 Å². The molecule has 1 aliphatic carbocycles. The summed E-state index contributed by atoms with van der Waals surface area (Å²) in [5.41, 5.74) is 0.595. The Labute approximate surface area is 245 Å². The molecule has 0 radical (unpaired) electrons. The minimum atomic E-state index is -1.91. The number of carbonyl (C=O) groups excluding carboxylic acids is 2. The lowest BCUT2D eigenvalue weighted by Gasteiger charge is -2.35. The monoisotopic (exact) mass is 569 g/mol. The number of halogens is 1. The molecule has 42 heavy (non-hydrogen) atoms. The third-order valence-corrected chi connectivity index (χ3v) is 8.24. The number of alkyl halides is 1. The van der Waals surface area contributed by atoms with Gasteiger partial charge in [-0.2, -0.15) is 5.26 Å². The van der Waals surface area contributed by atoms with E-state index in [9.17, 15) is 14.0 Å². The number of likely N-dealkylation sites (tertiary alicyclic amines) is 1. The standard InChI is InChI=1S/C32H36FN7O2/c1-2-17-38(29-22-27(29)24-7-4-3-5-8-24)18-6-9-28(31(42)39-19-14-32(33,23-34)15-20-39)36-30(41)25-10-12-26(13-11-25)40-21-16-35-37-40/h2-5,7-8,10-13,16,21,27-29H,1,6,9,14-15,17-20,22H2,(H,36,41)/t27-,28-,29+/m0/s1. The molecule has 9 nitrogen and oxygen atoms in total. The summed E-state index contributed by atoms with van der Waals surface area (Å²) in [6.45, 7) is 5.73. The summed E-state index contributed by atoms with van der Waals surface area (Å²) in [5.74, 6) is -0.119. The van der Waals surface area contributed by atoms with Gasteiger partial charge < -0.3 is 10.2 Å². The molecular weight excluding hydrogens is 533 g/mol. The van der Waals surface area contributed by atoms with Crippen LogP contribution in [0.25, 0.3) is 5.69 Å². The van der Waals surface area contributed by atoms with Crippen LogP contribution in [0.3, 0.4) is 0 Å². The third kappa shape index (κ3) is 6.92. The summed E-state index contributed by atoms with van der Waals surface area (Å²) in [5, 5.41) is 19.9. The van der Waals surface area contributed by atoms with Crippen LogP contribution in [-0.2, 0) is 4.79 Å². The van der Waals surface area contributed by atoms with Crippen molar-refractivity contribution in [1.82, 2.24) is 30.1 Å². The Kier molecular flexibility index (Phi) is 9.08. The van der Waals surface area contributed by atoms with E-state index in [0.717, 1.165) is 25.2 Å². The number of rotatable bonds is 12. The number of carbonyl (C=O) groups is 2. The molecule has 3 aromatic rings. The fourth-order valence-corrected chi connectivity index (χ4v) is 5.72. The lowest BCUT2D eigenvalue weighted by atomic mass is 9.94. The molecular formula is C32H36FN7O2. The summed E-state index contributed by atoms with van der Waals surface area (Å²) in [7, 11) is 0. The first-order chi connectivity index (χ1) is 20.4. The van der Waals surface area contributed by atoms with Gasteiger partial charge in [-0.25, -0.2) is 9.07 Å². The summed E-state index contributed by atoms with van der Waals surface area (Å²) in [6, 6.07) is 18.8. The van der Waals surface area contributed by atoms with Crippen molar-refractivity contribution in [2.75, 3.05) is 26.2 Å². The molecule has 218 valence electrons. The van der Waals surface area contributed by atoms with Crippen LogP contribution in [0.4, 0.5) is 4.39 Å². The second-order valence-electron chi connectivity index (χ2n) is 11.1. The number of nitriles is 1. The Morgan fingerprint density at radius 2 is 1.93 bits per heavy atom. The smallest absolute Gasteiger partial charge is 0.251 e. The maximum absolute atomic E-state index is 14.5. The van der Waals surface area contributed by atoms with Gasteiger partial charge >= 0.3 is 0 Å². The van der Waals surface area contributed by atoms with Gasteiger partial charge in [0.25, 0.3) is 5.91 Å². The molecule has 2 heterocycles. The fourth-order valence-electron chi connectivity index (χ4n) is 5.72. The van der Waals surface area contributed by atoms with Crippen molar-refractivity contribution in [3.8, 4) is 11.8 Å². The summed E-state index contributed by atoms with van der Waals surface area (Å²) in [4.78, 5) is 30.8. The second-order valence-corrected chi connectivity index (χ2v) is 11.1. The molecule has 1 aliphatic heterocycles. The average molecular weight is 570 g/mol. The number of hydrogen-bond donors (Lipinski definition) is 1. The molecule has 2 amide bonds. The van der Waals surface area contributed by atoms with Gasteiger partial charge in [-0.3, -0.25) is 14.5 Å². The number of hydrogen-bond acceptors (Lipinski definition) is 6. The van der Waals surface area contributed by atoms with E-state index in [1.54, 1.807) is 52.3 Å². The topological polar surface area (TPSA) is 107 Å². The number of piperidine rings is 1. The van der Waals surface area contributed by atoms with Gasteiger partial charge in [-0.1, -0.05) is 41.6 Å². The predicted molar refractivity (Wildman–Crippen MR) is 156 cm³/mol. The van der Waals surface area contributed by atoms with Gasteiger partial charge in [0.1, 0.15) is 12.1 Å². The van der Waals surface area contributed by atoms with Crippen LogP contribution in [0.5, 0.6) is 0 Å². The molecule has 5 rings (SSSR count). The zero-order valence-electron chi connectivity index (χ0n) is 23.6. The van der Waals surface area contributed by atoms with Crippen molar-refractivity contribution in [2.45, 2.75) is 55.8 Å². The first-order valence-corrected chi connectivity index (χ1v) is 14.5. The highest BCUT2D eigenvalue weighted by Crippen LogP contribution is 2.44. The number of nitrogens with zero attached hydrogens (tertiary/aromatic N) is 6. The normalized spacial score (nSPS) is 20.0. The van der Waals surface area contributed by atoms with E-state index < -0.39 is 11.7 Å². The van der Waals surface area contributed by atoms with E-state index in [2.05, 4.69) is 51.4 Å². The molecule has 3 atom stereocenters. The number of aromatic nitrogens is 3. The van der Waals surface area contributed by atoms with E-state index in [1.165, 1.54) is 5.56 Å². The van der Waals surface area contributed by atoms with Gasteiger partial charge in [-0.05, 0) is 55.6 Å². The first-order valence-electron chi connectivity index (χ1n) is 14.5. The molecule has 1 saturated heterocycles. The summed E-state index contributed by atoms with van der Waals surface area (Å²) < 4.78 is 16.1. The Morgan fingerprint density at radius 1 is 1.19 bits per heavy atom. The molecule has 0 bridgehead atoms. The van der Waals surface area contributed by atoms with Crippen LogP contribution in [-0.4, -0.2) is 80.5 Å². The fraction of sp³-hybridized carbons (Fsp3) is 0.406. The van der Waals surface area contributed by atoms with E-state index in [4.69, 9.17) is 5.26 Å². The number of benzene rings is 2. The molecule has 0 unspecified atom stereocenters. The van der Waals surface area contributed by atoms with Crippen molar-refractivity contribution in [3.05, 3.63) is 90.8 Å². The number of nitrogens with one attached hydrogen (secondary N) is 1. The highest BCUT2D eigenvalue weighted by molar-refractivity contribution is 5.97. The summed E-state index contributed by atoms with van der Waals surface area (Å²) in [6.07, 6.45) is 7.33. The molecule has 2 fully saturated rings. The van der Waals surface area contributed by atoms with Crippen molar-refractivity contribution >= 4 is 11.8 Å². The van der Waals surface area contributed by atoms with Crippen LogP contribution in [0, 0.1) is 11.3 Å².